The monoisotopic (exact) mass is 336 g/mol. The van der Waals surface area contributed by atoms with Crippen LogP contribution in [0.25, 0.3) is 0 Å². The minimum absolute atomic E-state index is 0.0240. The number of carbonyl (C=O) groups excluding carboxylic acids is 1. The van der Waals surface area contributed by atoms with E-state index in [1.165, 1.54) is 17.5 Å². The third kappa shape index (κ3) is 3.75. The molecule has 1 amide bonds. The average molecular weight is 336 g/mol. The summed E-state index contributed by atoms with van der Waals surface area (Å²) in [4.78, 5) is 15.1. The minimum Gasteiger partial charge on any atom is -0.379 e. The van der Waals surface area contributed by atoms with E-state index >= 15 is 0 Å². The lowest BCUT2D eigenvalue weighted by atomic mass is 10.1. The summed E-state index contributed by atoms with van der Waals surface area (Å²) in [7, 11) is 0. The van der Waals surface area contributed by atoms with Crippen LogP contribution in [0.15, 0.2) is 42.5 Å². The molecule has 0 radical (unpaired) electrons. The fraction of sp³-hybridized carbons (Fsp3) is 0.381. The zero-order chi connectivity index (χ0) is 17.1. The van der Waals surface area contributed by atoms with Crippen molar-refractivity contribution in [2.75, 3.05) is 31.6 Å². The zero-order valence-corrected chi connectivity index (χ0v) is 14.5. The van der Waals surface area contributed by atoms with Gasteiger partial charge >= 0.3 is 0 Å². The predicted octanol–water partition coefficient (Wildman–Crippen LogP) is 3.26. The third-order valence-electron chi connectivity index (χ3n) is 5.12. The van der Waals surface area contributed by atoms with Crippen LogP contribution in [0.3, 0.4) is 0 Å². The number of ether oxygens (including phenoxy) is 1. The number of morpholine rings is 1. The fourth-order valence-corrected chi connectivity index (χ4v) is 3.69. The molecule has 1 heterocycles. The van der Waals surface area contributed by atoms with Crippen molar-refractivity contribution in [3.63, 3.8) is 0 Å². The molecule has 1 aliphatic carbocycles. The molecule has 0 atom stereocenters. The van der Waals surface area contributed by atoms with Crippen LogP contribution in [0.4, 0.5) is 5.69 Å². The smallest absolute Gasteiger partial charge is 0.255 e. The Morgan fingerprint density at radius 1 is 1.04 bits per heavy atom. The van der Waals surface area contributed by atoms with Crippen molar-refractivity contribution < 1.29 is 9.53 Å². The Morgan fingerprint density at radius 3 is 2.72 bits per heavy atom. The minimum atomic E-state index is -0.0240. The first-order chi connectivity index (χ1) is 12.3. The standard InChI is InChI=1S/C21H24N2O2/c24-21(18-9-8-16-5-3-6-17(16)14-18)22-20-7-2-1-4-19(20)15-23-10-12-25-13-11-23/h1-2,4,7-9,14H,3,5-6,10-13,15H2,(H,22,24). The van der Waals surface area contributed by atoms with Gasteiger partial charge in [0.05, 0.1) is 13.2 Å². The summed E-state index contributed by atoms with van der Waals surface area (Å²) in [6.07, 6.45) is 3.42. The molecule has 2 aromatic carbocycles. The van der Waals surface area contributed by atoms with Crippen LogP contribution in [0.5, 0.6) is 0 Å². The molecule has 0 bridgehead atoms. The molecule has 1 saturated heterocycles. The topological polar surface area (TPSA) is 41.6 Å². The normalized spacial score (nSPS) is 17.3. The van der Waals surface area contributed by atoms with Crippen molar-refractivity contribution >= 4 is 11.6 Å². The average Bonchev–Trinajstić information content (AvgIpc) is 3.12. The number of hydrogen-bond acceptors (Lipinski definition) is 3. The first kappa shape index (κ1) is 16.3. The summed E-state index contributed by atoms with van der Waals surface area (Å²) in [5.74, 6) is -0.0240. The maximum atomic E-state index is 12.7. The molecule has 2 aliphatic rings. The summed E-state index contributed by atoms with van der Waals surface area (Å²) in [6, 6.07) is 14.2. The van der Waals surface area contributed by atoms with Crippen LogP contribution < -0.4 is 5.32 Å². The van der Waals surface area contributed by atoms with Crippen molar-refractivity contribution in [2.45, 2.75) is 25.8 Å². The number of amides is 1. The van der Waals surface area contributed by atoms with E-state index in [1.54, 1.807) is 0 Å². The Balaban J connectivity index is 1.49. The molecule has 0 spiro atoms. The second-order valence-electron chi connectivity index (χ2n) is 6.84. The van der Waals surface area contributed by atoms with Gasteiger partial charge in [0.15, 0.2) is 0 Å². The fourth-order valence-electron chi connectivity index (χ4n) is 3.69. The number of nitrogens with zero attached hydrogens (tertiary/aromatic N) is 1. The number of nitrogens with one attached hydrogen (secondary N) is 1. The summed E-state index contributed by atoms with van der Waals surface area (Å²) in [6.45, 7) is 4.28. The van der Waals surface area contributed by atoms with Gasteiger partial charge < -0.3 is 10.1 Å². The van der Waals surface area contributed by atoms with Gasteiger partial charge in [-0.05, 0) is 54.2 Å². The van der Waals surface area contributed by atoms with E-state index in [2.05, 4.69) is 28.4 Å². The second-order valence-corrected chi connectivity index (χ2v) is 6.84. The highest BCUT2D eigenvalue weighted by molar-refractivity contribution is 6.04. The van der Waals surface area contributed by atoms with Crippen molar-refractivity contribution in [3.05, 3.63) is 64.7 Å². The molecule has 1 aliphatic heterocycles. The van der Waals surface area contributed by atoms with Crippen LogP contribution in [0.2, 0.25) is 0 Å². The highest BCUT2D eigenvalue weighted by Crippen LogP contribution is 2.24. The van der Waals surface area contributed by atoms with Crippen molar-refractivity contribution in [1.82, 2.24) is 4.90 Å². The van der Waals surface area contributed by atoms with Crippen LogP contribution in [0, 0.1) is 0 Å². The van der Waals surface area contributed by atoms with E-state index in [1.807, 2.05) is 24.3 Å². The van der Waals surface area contributed by atoms with Crippen molar-refractivity contribution in [2.24, 2.45) is 0 Å². The summed E-state index contributed by atoms with van der Waals surface area (Å²) in [5.41, 5.74) is 5.53. The number of rotatable bonds is 4. The van der Waals surface area contributed by atoms with Gasteiger partial charge in [0, 0.05) is 30.9 Å². The number of carbonyl (C=O) groups is 1. The Hall–Kier alpha value is -2.17. The van der Waals surface area contributed by atoms with Crippen LogP contribution >= 0.6 is 0 Å². The van der Waals surface area contributed by atoms with E-state index in [-0.39, 0.29) is 5.91 Å². The number of aryl methyl sites for hydroxylation is 2. The Kier molecular flexibility index (Phi) is 4.81. The molecule has 25 heavy (non-hydrogen) atoms. The van der Waals surface area contributed by atoms with Crippen molar-refractivity contribution in [3.8, 4) is 0 Å². The Morgan fingerprint density at radius 2 is 1.84 bits per heavy atom. The molecule has 1 N–H and O–H groups in total. The number of fused-ring (bicyclic) bond motifs is 1. The van der Waals surface area contributed by atoms with Crippen LogP contribution in [-0.4, -0.2) is 37.1 Å². The van der Waals surface area contributed by atoms with E-state index in [4.69, 9.17) is 4.74 Å². The quantitative estimate of drug-likeness (QED) is 0.932. The first-order valence-corrected chi connectivity index (χ1v) is 9.11. The predicted molar refractivity (Wildman–Crippen MR) is 99.0 cm³/mol. The van der Waals surface area contributed by atoms with E-state index in [0.29, 0.717) is 0 Å². The molecular weight excluding hydrogens is 312 g/mol. The van der Waals surface area contributed by atoms with Gasteiger partial charge in [-0.2, -0.15) is 0 Å². The van der Waals surface area contributed by atoms with Gasteiger partial charge in [0.25, 0.3) is 5.91 Å². The van der Waals surface area contributed by atoms with Gasteiger partial charge in [-0.25, -0.2) is 0 Å². The highest BCUT2D eigenvalue weighted by atomic mass is 16.5. The van der Waals surface area contributed by atoms with E-state index < -0.39 is 0 Å². The number of anilines is 1. The lowest BCUT2D eigenvalue weighted by Crippen LogP contribution is -2.35. The van der Waals surface area contributed by atoms with Gasteiger partial charge in [-0.1, -0.05) is 24.3 Å². The maximum absolute atomic E-state index is 12.7. The lowest BCUT2D eigenvalue weighted by molar-refractivity contribution is 0.0342. The second kappa shape index (κ2) is 7.38. The summed E-state index contributed by atoms with van der Waals surface area (Å²) >= 11 is 0. The lowest BCUT2D eigenvalue weighted by Gasteiger charge is -2.27. The number of benzene rings is 2. The molecule has 0 saturated carbocycles. The summed E-state index contributed by atoms with van der Waals surface area (Å²) in [5, 5.41) is 3.11. The van der Waals surface area contributed by atoms with E-state index in [9.17, 15) is 4.79 Å². The zero-order valence-electron chi connectivity index (χ0n) is 14.5. The van der Waals surface area contributed by atoms with Gasteiger partial charge in [-0.15, -0.1) is 0 Å². The first-order valence-electron chi connectivity index (χ1n) is 9.11. The van der Waals surface area contributed by atoms with Crippen LogP contribution in [0.1, 0.15) is 33.5 Å². The molecule has 4 heteroatoms. The van der Waals surface area contributed by atoms with Gasteiger partial charge in [0.2, 0.25) is 0 Å². The van der Waals surface area contributed by atoms with Gasteiger partial charge in [0.1, 0.15) is 0 Å². The Labute approximate surface area is 148 Å². The third-order valence-corrected chi connectivity index (χ3v) is 5.12. The molecular formula is C21H24N2O2. The molecule has 0 aromatic heterocycles. The summed E-state index contributed by atoms with van der Waals surface area (Å²) < 4.78 is 5.42. The highest BCUT2D eigenvalue weighted by Gasteiger charge is 2.16. The molecule has 130 valence electrons. The molecule has 1 fully saturated rings. The van der Waals surface area contributed by atoms with E-state index in [0.717, 1.165) is 62.5 Å². The number of hydrogen-bond donors (Lipinski definition) is 1. The maximum Gasteiger partial charge on any atom is 0.255 e. The van der Waals surface area contributed by atoms with Crippen molar-refractivity contribution in [1.29, 1.82) is 0 Å². The number of para-hydroxylation sites is 1. The van der Waals surface area contributed by atoms with Gasteiger partial charge in [-0.3, -0.25) is 9.69 Å². The SMILES string of the molecule is O=C(Nc1ccccc1CN1CCOCC1)c1ccc2c(c1)CCC2. The molecule has 0 unspecified atom stereocenters. The Bertz CT molecular complexity index is 766. The van der Waals surface area contributed by atoms with Crippen LogP contribution in [-0.2, 0) is 24.1 Å². The largest absolute Gasteiger partial charge is 0.379 e. The molecule has 4 rings (SSSR count). The molecule has 4 nitrogen and oxygen atoms in total. The molecule has 2 aromatic rings.